The maximum absolute atomic E-state index is 9.32. The molecule has 0 aliphatic rings. The Kier molecular flexibility index (Phi) is 6.67. The van der Waals surface area contributed by atoms with Gasteiger partial charge in [-0.2, -0.15) is 0 Å². The van der Waals surface area contributed by atoms with E-state index < -0.39 is 0 Å². The van der Waals surface area contributed by atoms with Crippen molar-refractivity contribution in [1.29, 1.82) is 0 Å². The van der Waals surface area contributed by atoms with E-state index in [4.69, 9.17) is 9.47 Å². The molecule has 4 nitrogen and oxygen atoms in total. The van der Waals surface area contributed by atoms with E-state index in [9.17, 15) is 5.11 Å². The number of hydrogen-bond donors (Lipinski definition) is 2. The Labute approximate surface area is 115 Å². The van der Waals surface area contributed by atoms with Crippen molar-refractivity contribution in [3.8, 4) is 11.5 Å². The van der Waals surface area contributed by atoms with Crippen LogP contribution in [0, 0.1) is 5.92 Å². The fourth-order valence-corrected chi connectivity index (χ4v) is 1.95. The number of aliphatic hydroxyl groups is 1. The number of para-hydroxylation sites is 1. The van der Waals surface area contributed by atoms with Gasteiger partial charge in [-0.1, -0.05) is 26.0 Å². The molecular formula is C15H25NO3. The molecule has 0 aliphatic carbocycles. The number of rotatable bonds is 8. The number of benzene rings is 1. The fourth-order valence-electron chi connectivity index (χ4n) is 1.95. The highest BCUT2D eigenvalue weighted by molar-refractivity contribution is 5.46. The Balaban J connectivity index is 2.80. The first kappa shape index (κ1) is 15.8. The van der Waals surface area contributed by atoms with Gasteiger partial charge >= 0.3 is 0 Å². The van der Waals surface area contributed by atoms with Gasteiger partial charge in [0.1, 0.15) is 0 Å². The molecule has 1 unspecified atom stereocenters. The van der Waals surface area contributed by atoms with Crippen LogP contribution >= 0.6 is 0 Å². The molecule has 0 spiro atoms. The first-order chi connectivity index (χ1) is 9.13. The average Bonchev–Trinajstić information content (AvgIpc) is 2.39. The Morgan fingerprint density at radius 1 is 1.32 bits per heavy atom. The number of hydrogen-bond acceptors (Lipinski definition) is 4. The molecular weight excluding hydrogens is 242 g/mol. The van der Waals surface area contributed by atoms with Crippen molar-refractivity contribution in [3.63, 3.8) is 0 Å². The zero-order valence-corrected chi connectivity index (χ0v) is 12.3. The molecule has 0 radical (unpaired) electrons. The first-order valence-corrected chi connectivity index (χ1v) is 6.76. The maximum Gasteiger partial charge on any atom is 0.165 e. The second-order valence-electron chi connectivity index (χ2n) is 4.80. The van der Waals surface area contributed by atoms with Crippen molar-refractivity contribution >= 4 is 0 Å². The van der Waals surface area contributed by atoms with Crippen LogP contribution in [0.5, 0.6) is 11.5 Å². The number of ether oxygens (including phenoxy) is 2. The van der Waals surface area contributed by atoms with Crippen LogP contribution in [0.4, 0.5) is 0 Å². The standard InChI is InChI=1S/C15H25NO3/c1-5-19-14-8-6-7-12(15(14)18-4)9-16-13(10-17)11(2)3/h6-8,11,13,16-17H,5,9-10H2,1-4H3. The van der Waals surface area contributed by atoms with Gasteiger partial charge in [0, 0.05) is 18.2 Å². The number of nitrogens with one attached hydrogen (secondary N) is 1. The van der Waals surface area contributed by atoms with Gasteiger partial charge in [0.15, 0.2) is 11.5 Å². The minimum absolute atomic E-state index is 0.0838. The van der Waals surface area contributed by atoms with Crippen LogP contribution in [0.2, 0.25) is 0 Å². The van der Waals surface area contributed by atoms with E-state index >= 15 is 0 Å². The van der Waals surface area contributed by atoms with Gasteiger partial charge in [-0.3, -0.25) is 0 Å². The van der Waals surface area contributed by atoms with Crippen LogP contribution in [0.25, 0.3) is 0 Å². The molecule has 1 atom stereocenters. The Morgan fingerprint density at radius 3 is 2.58 bits per heavy atom. The van der Waals surface area contributed by atoms with E-state index in [0.717, 1.165) is 17.1 Å². The van der Waals surface area contributed by atoms with E-state index in [-0.39, 0.29) is 12.6 Å². The highest BCUT2D eigenvalue weighted by atomic mass is 16.5. The van der Waals surface area contributed by atoms with Gasteiger partial charge in [0.05, 0.1) is 20.3 Å². The zero-order valence-electron chi connectivity index (χ0n) is 12.3. The molecule has 0 amide bonds. The molecule has 1 rings (SSSR count). The summed E-state index contributed by atoms with van der Waals surface area (Å²) in [5, 5.41) is 12.7. The SMILES string of the molecule is CCOc1cccc(CNC(CO)C(C)C)c1OC. The lowest BCUT2D eigenvalue weighted by atomic mass is 10.0. The monoisotopic (exact) mass is 267 g/mol. The molecule has 0 heterocycles. The quantitative estimate of drug-likeness (QED) is 0.758. The maximum atomic E-state index is 9.32. The smallest absolute Gasteiger partial charge is 0.165 e. The lowest BCUT2D eigenvalue weighted by Crippen LogP contribution is -2.36. The summed E-state index contributed by atoms with van der Waals surface area (Å²) in [5.74, 6) is 1.90. The summed E-state index contributed by atoms with van der Waals surface area (Å²) in [4.78, 5) is 0. The third kappa shape index (κ3) is 4.40. The minimum atomic E-state index is 0.0838. The Morgan fingerprint density at radius 2 is 2.05 bits per heavy atom. The van der Waals surface area contributed by atoms with Crippen molar-refractivity contribution in [1.82, 2.24) is 5.32 Å². The van der Waals surface area contributed by atoms with Crippen molar-refractivity contribution < 1.29 is 14.6 Å². The van der Waals surface area contributed by atoms with Gasteiger partial charge < -0.3 is 19.9 Å². The lowest BCUT2D eigenvalue weighted by Gasteiger charge is -2.21. The summed E-state index contributed by atoms with van der Waals surface area (Å²) >= 11 is 0. The average molecular weight is 267 g/mol. The van der Waals surface area contributed by atoms with Crippen LogP contribution in [0.15, 0.2) is 18.2 Å². The van der Waals surface area contributed by atoms with Crippen molar-refractivity contribution in [3.05, 3.63) is 23.8 Å². The zero-order chi connectivity index (χ0) is 14.3. The van der Waals surface area contributed by atoms with Crippen molar-refractivity contribution in [2.24, 2.45) is 5.92 Å². The van der Waals surface area contributed by atoms with Crippen LogP contribution in [0.3, 0.4) is 0 Å². The molecule has 0 saturated carbocycles. The van der Waals surface area contributed by atoms with Gasteiger partial charge in [-0.15, -0.1) is 0 Å². The molecule has 4 heteroatoms. The molecule has 0 aliphatic heterocycles. The third-order valence-electron chi connectivity index (χ3n) is 3.12. The summed E-state index contributed by atoms with van der Waals surface area (Å²) < 4.78 is 11.0. The second kappa shape index (κ2) is 8.02. The van der Waals surface area contributed by atoms with Crippen LogP contribution in [-0.4, -0.2) is 31.5 Å². The lowest BCUT2D eigenvalue weighted by molar-refractivity contribution is 0.209. The summed E-state index contributed by atoms with van der Waals surface area (Å²) in [6.07, 6.45) is 0. The van der Waals surface area contributed by atoms with Crippen LogP contribution in [0.1, 0.15) is 26.3 Å². The van der Waals surface area contributed by atoms with Gasteiger partial charge in [-0.25, -0.2) is 0 Å². The predicted molar refractivity (Wildman–Crippen MR) is 76.7 cm³/mol. The molecule has 1 aromatic carbocycles. The van der Waals surface area contributed by atoms with E-state index in [1.807, 2.05) is 25.1 Å². The second-order valence-corrected chi connectivity index (χ2v) is 4.80. The largest absolute Gasteiger partial charge is 0.493 e. The van der Waals surface area contributed by atoms with Gasteiger partial charge in [-0.05, 0) is 18.9 Å². The molecule has 0 fully saturated rings. The van der Waals surface area contributed by atoms with E-state index in [2.05, 4.69) is 19.2 Å². The van der Waals surface area contributed by atoms with Gasteiger partial charge in [0.25, 0.3) is 0 Å². The normalized spacial score (nSPS) is 12.5. The molecule has 2 N–H and O–H groups in total. The van der Waals surface area contributed by atoms with Crippen LogP contribution < -0.4 is 14.8 Å². The first-order valence-electron chi connectivity index (χ1n) is 6.76. The highest BCUT2D eigenvalue weighted by Gasteiger charge is 2.14. The van der Waals surface area contributed by atoms with Crippen LogP contribution in [-0.2, 0) is 6.54 Å². The third-order valence-corrected chi connectivity index (χ3v) is 3.12. The van der Waals surface area contributed by atoms with E-state index in [0.29, 0.717) is 19.1 Å². The summed E-state index contributed by atoms with van der Waals surface area (Å²) in [5.41, 5.74) is 1.03. The summed E-state index contributed by atoms with van der Waals surface area (Å²) in [6, 6.07) is 5.94. The van der Waals surface area contributed by atoms with E-state index in [1.165, 1.54) is 0 Å². The number of aliphatic hydroxyl groups excluding tert-OH is 1. The minimum Gasteiger partial charge on any atom is -0.493 e. The topological polar surface area (TPSA) is 50.7 Å². The molecule has 0 saturated heterocycles. The summed E-state index contributed by atoms with van der Waals surface area (Å²) in [7, 11) is 1.65. The Bertz CT molecular complexity index is 380. The van der Waals surface area contributed by atoms with Crippen molar-refractivity contribution in [2.45, 2.75) is 33.4 Å². The summed E-state index contributed by atoms with van der Waals surface area (Å²) in [6.45, 7) is 7.51. The molecule has 1 aromatic rings. The molecule has 108 valence electrons. The fraction of sp³-hybridized carbons (Fsp3) is 0.600. The van der Waals surface area contributed by atoms with Gasteiger partial charge in [0.2, 0.25) is 0 Å². The predicted octanol–water partition coefficient (Wildman–Crippen LogP) is 2.20. The van der Waals surface area contributed by atoms with E-state index in [1.54, 1.807) is 7.11 Å². The van der Waals surface area contributed by atoms with Crippen molar-refractivity contribution in [2.75, 3.05) is 20.3 Å². The Hall–Kier alpha value is -1.26. The number of methoxy groups -OCH3 is 1. The molecule has 0 bridgehead atoms. The molecule has 19 heavy (non-hydrogen) atoms. The highest BCUT2D eigenvalue weighted by Crippen LogP contribution is 2.31. The molecule has 0 aromatic heterocycles.